The number of nitrogens with one attached hydrogen (secondary N) is 1. The monoisotopic (exact) mass is 226 g/mol. The van der Waals surface area contributed by atoms with Gasteiger partial charge in [0.2, 0.25) is 0 Å². The van der Waals surface area contributed by atoms with Gasteiger partial charge in [0.15, 0.2) is 11.6 Å². The van der Waals surface area contributed by atoms with Gasteiger partial charge in [0.05, 0.1) is 11.6 Å². The number of benzene rings is 1. The molecule has 0 bridgehead atoms. The van der Waals surface area contributed by atoms with Crippen LogP contribution < -0.4 is 5.32 Å². The molecule has 0 radical (unpaired) electrons. The largest absolute Gasteiger partial charge is 0.336 e. The summed E-state index contributed by atoms with van der Waals surface area (Å²) in [6.07, 6.45) is 0. The lowest BCUT2D eigenvalue weighted by Gasteiger charge is -2.35. The fraction of sp³-hybridized carbons (Fsp3) is 0.364. The highest BCUT2D eigenvalue weighted by Gasteiger charge is 2.27. The summed E-state index contributed by atoms with van der Waals surface area (Å²) in [5.74, 6) is -2.55. The smallest absolute Gasteiger partial charge is 0.257 e. The highest BCUT2D eigenvalue weighted by molar-refractivity contribution is 5.94. The van der Waals surface area contributed by atoms with E-state index in [4.69, 9.17) is 0 Å². The van der Waals surface area contributed by atoms with Crippen molar-refractivity contribution in [2.75, 3.05) is 20.1 Å². The first kappa shape index (κ1) is 11.0. The maximum absolute atomic E-state index is 13.4. The average molecular weight is 226 g/mol. The summed E-state index contributed by atoms with van der Waals surface area (Å²) in [4.78, 5) is 13.3. The highest BCUT2D eigenvalue weighted by atomic mass is 19.2. The molecule has 86 valence electrons. The third kappa shape index (κ3) is 1.78. The van der Waals surface area contributed by atoms with Crippen molar-refractivity contribution in [1.82, 2.24) is 10.2 Å². The van der Waals surface area contributed by atoms with Gasteiger partial charge < -0.3 is 10.2 Å². The standard InChI is InChI=1S/C11H12F2N2O/c1-15(7-5-14-6-7)11(16)8-3-2-4-9(12)10(8)13/h2-4,7,14H,5-6H2,1H3. The summed E-state index contributed by atoms with van der Waals surface area (Å²) in [5.41, 5.74) is -0.214. The van der Waals surface area contributed by atoms with Crippen LogP contribution >= 0.6 is 0 Å². The molecule has 5 heteroatoms. The Morgan fingerprint density at radius 1 is 1.44 bits per heavy atom. The van der Waals surface area contributed by atoms with Gasteiger partial charge in [-0.2, -0.15) is 0 Å². The molecule has 0 saturated carbocycles. The number of hydrogen-bond donors (Lipinski definition) is 1. The van der Waals surface area contributed by atoms with Gasteiger partial charge in [0.25, 0.3) is 5.91 Å². The van der Waals surface area contributed by atoms with Crippen LogP contribution in [0.15, 0.2) is 18.2 Å². The first-order valence-electron chi connectivity index (χ1n) is 5.03. The Bertz CT molecular complexity index is 418. The van der Waals surface area contributed by atoms with E-state index < -0.39 is 17.5 Å². The van der Waals surface area contributed by atoms with E-state index in [0.29, 0.717) is 13.1 Å². The first-order chi connectivity index (χ1) is 7.61. The number of rotatable bonds is 2. The maximum Gasteiger partial charge on any atom is 0.257 e. The SMILES string of the molecule is CN(C(=O)c1cccc(F)c1F)C1CNC1. The van der Waals surface area contributed by atoms with E-state index in [-0.39, 0.29) is 11.6 Å². The molecule has 1 saturated heterocycles. The summed E-state index contributed by atoms with van der Waals surface area (Å²) in [6, 6.07) is 3.69. The molecule has 1 heterocycles. The van der Waals surface area contributed by atoms with Crippen LogP contribution in [0.25, 0.3) is 0 Å². The van der Waals surface area contributed by atoms with Crippen molar-refractivity contribution in [3.8, 4) is 0 Å². The van der Waals surface area contributed by atoms with Gasteiger partial charge in [-0.3, -0.25) is 4.79 Å². The van der Waals surface area contributed by atoms with Crippen LogP contribution in [0.4, 0.5) is 8.78 Å². The van der Waals surface area contributed by atoms with Crippen molar-refractivity contribution < 1.29 is 13.6 Å². The van der Waals surface area contributed by atoms with Gasteiger partial charge in [-0.15, -0.1) is 0 Å². The van der Waals surface area contributed by atoms with Gasteiger partial charge in [0, 0.05) is 20.1 Å². The molecule has 0 aliphatic carbocycles. The summed E-state index contributed by atoms with van der Waals surface area (Å²) in [5, 5.41) is 3.01. The lowest BCUT2D eigenvalue weighted by atomic mass is 10.1. The summed E-state index contributed by atoms with van der Waals surface area (Å²) < 4.78 is 26.3. The van der Waals surface area contributed by atoms with E-state index in [2.05, 4.69) is 5.32 Å². The number of amides is 1. The average Bonchev–Trinajstić information content (AvgIpc) is 2.18. The Balaban J connectivity index is 2.22. The van der Waals surface area contributed by atoms with Crippen LogP contribution in [0.2, 0.25) is 0 Å². The van der Waals surface area contributed by atoms with E-state index >= 15 is 0 Å². The second-order valence-corrected chi connectivity index (χ2v) is 3.83. The van der Waals surface area contributed by atoms with Crippen molar-refractivity contribution in [2.45, 2.75) is 6.04 Å². The molecule has 1 aliphatic heterocycles. The van der Waals surface area contributed by atoms with Gasteiger partial charge >= 0.3 is 0 Å². The minimum atomic E-state index is -1.08. The van der Waals surface area contributed by atoms with Crippen molar-refractivity contribution in [1.29, 1.82) is 0 Å². The summed E-state index contributed by atoms with van der Waals surface area (Å²) >= 11 is 0. The van der Waals surface area contributed by atoms with Crippen LogP contribution in [-0.4, -0.2) is 37.0 Å². The van der Waals surface area contributed by atoms with Gasteiger partial charge in [-0.05, 0) is 12.1 Å². The normalized spacial score (nSPS) is 15.7. The predicted molar refractivity (Wildman–Crippen MR) is 55.1 cm³/mol. The van der Waals surface area contributed by atoms with E-state index in [1.54, 1.807) is 7.05 Å². The third-order valence-electron chi connectivity index (χ3n) is 2.81. The number of carbonyl (C=O) groups is 1. The number of hydrogen-bond acceptors (Lipinski definition) is 2. The van der Waals surface area contributed by atoms with Gasteiger partial charge in [-0.25, -0.2) is 8.78 Å². The van der Waals surface area contributed by atoms with Crippen LogP contribution in [0.5, 0.6) is 0 Å². The van der Waals surface area contributed by atoms with Crippen molar-refractivity contribution in [2.24, 2.45) is 0 Å². The second kappa shape index (κ2) is 4.17. The number of nitrogens with zero attached hydrogens (tertiary/aromatic N) is 1. The Morgan fingerprint density at radius 3 is 2.69 bits per heavy atom. The van der Waals surface area contributed by atoms with Crippen molar-refractivity contribution >= 4 is 5.91 Å². The Hall–Kier alpha value is -1.49. The zero-order chi connectivity index (χ0) is 11.7. The lowest BCUT2D eigenvalue weighted by molar-refractivity contribution is 0.0675. The molecule has 16 heavy (non-hydrogen) atoms. The number of halogens is 2. The molecular weight excluding hydrogens is 214 g/mol. The maximum atomic E-state index is 13.4. The predicted octanol–water partition coefficient (Wildman–Crippen LogP) is 1.01. The zero-order valence-corrected chi connectivity index (χ0v) is 8.84. The molecule has 0 unspecified atom stereocenters. The molecular formula is C11H12F2N2O. The van der Waals surface area contributed by atoms with Crippen molar-refractivity contribution in [3.05, 3.63) is 35.4 Å². The van der Waals surface area contributed by atoms with Crippen LogP contribution in [0.1, 0.15) is 10.4 Å². The summed E-state index contributed by atoms with van der Waals surface area (Å²) in [6.45, 7) is 1.39. The van der Waals surface area contributed by atoms with E-state index in [0.717, 1.165) is 6.07 Å². The van der Waals surface area contributed by atoms with E-state index in [1.165, 1.54) is 17.0 Å². The molecule has 2 rings (SSSR count). The second-order valence-electron chi connectivity index (χ2n) is 3.83. The van der Waals surface area contributed by atoms with Crippen LogP contribution in [0.3, 0.4) is 0 Å². The molecule has 0 aromatic heterocycles. The van der Waals surface area contributed by atoms with Gasteiger partial charge in [-0.1, -0.05) is 6.07 Å². The minimum Gasteiger partial charge on any atom is -0.336 e. The Kier molecular flexibility index (Phi) is 2.87. The topological polar surface area (TPSA) is 32.3 Å². The molecule has 1 aromatic carbocycles. The fourth-order valence-electron chi connectivity index (χ4n) is 1.57. The molecule has 1 amide bonds. The van der Waals surface area contributed by atoms with E-state index in [9.17, 15) is 13.6 Å². The van der Waals surface area contributed by atoms with Crippen LogP contribution in [0, 0.1) is 11.6 Å². The highest BCUT2D eigenvalue weighted by Crippen LogP contribution is 2.15. The zero-order valence-electron chi connectivity index (χ0n) is 8.84. The molecule has 1 fully saturated rings. The molecule has 1 aromatic rings. The van der Waals surface area contributed by atoms with Gasteiger partial charge in [0.1, 0.15) is 0 Å². The summed E-state index contributed by atoms with van der Waals surface area (Å²) in [7, 11) is 1.60. The number of carbonyl (C=O) groups excluding carboxylic acids is 1. The lowest BCUT2D eigenvalue weighted by Crippen LogP contribution is -2.57. The Morgan fingerprint density at radius 2 is 2.12 bits per heavy atom. The van der Waals surface area contributed by atoms with E-state index in [1.807, 2.05) is 0 Å². The molecule has 1 N–H and O–H groups in total. The minimum absolute atomic E-state index is 0.0650. The van der Waals surface area contributed by atoms with Crippen LogP contribution in [-0.2, 0) is 0 Å². The molecule has 0 spiro atoms. The molecule has 3 nitrogen and oxygen atoms in total. The van der Waals surface area contributed by atoms with Crippen molar-refractivity contribution in [3.63, 3.8) is 0 Å². The quantitative estimate of drug-likeness (QED) is 0.816. The molecule has 0 atom stereocenters. The molecule has 1 aliphatic rings. The fourth-order valence-corrected chi connectivity index (χ4v) is 1.57. The Labute approximate surface area is 92.1 Å². The third-order valence-corrected chi connectivity index (χ3v) is 2.81. The first-order valence-corrected chi connectivity index (χ1v) is 5.03. The number of likely N-dealkylation sites (N-methyl/N-ethyl adjacent to an activating group) is 1.